The Labute approximate surface area is 157 Å². The molecule has 2 aromatic carbocycles. The van der Waals surface area contributed by atoms with Crippen LogP contribution in [0.15, 0.2) is 60.7 Å². The van der Waals surface area contributed by atoms with E-state index in [4.69, 9.17) is 60.0 Å². The Morgan fingerprint density at radius 2 is 0.536 bits per heavy atom. The lowest BCUT2D eigenvalue weighted by molar-refractivity contribution is 0.135. The first-order chi connectivity index (χ1) is 12.9. The van der Waals surface area contributed by atoms with Crippen LogP contribution in [0.3, 0.4) is 0 Å². The molecule has 0 atom stereocenters. The van der Waals surface area contributed by atoms with Gasteiger partial charge in [-0.05, 0) is 11.1 Å². The topological polar surface area (TPSA) is 230 Å². The van der Waals surface area contributed by atoms with Crippen molar-refractivity contribution in [2.75, 3.05) is 0 Å². The zero-order valence-corrected chi connectivity index (χ0v) is 14.0. The van der Waals surface area contributed by atoms with Crippen molar-refractivity contribution in [2.24, 2.45) is 0 Å². The Morgan fingerprint density at radius 1 is 0.393 bits per heavy atom. The Morgan fingerprint density at radius 3 is 0.679 bits per heavy atom. The third kappa shape index (κ3) is 37.6. The van der Waals surface area contributed by atoms with E-state index in [0.29, 0.717) is 0 Å². The number of rotatable bonds is 1. The number of hydrogen-bond acceptors (Lipinski definition) is 4. The molecule has 0 unspecified atom stereocenters. The summed E-state index contributed by atoms with van der Waals surface area (Å²) in [6.45, 7) is 0. The first-order valence-corrected chi connectivity index (χ1v) is 6.68. The number of carbonyl (C=O) groups is 4. The van der Waals surface area contributed by atoms with Crippen LogP contribution < -0.4 is 0 Å². The van der Waals surface area contributed by atoms with E-state index in [1.165, 1.54) is 11.1 Å². The lowest BCUT2D eigenvalue weighted by Crippen LogP contribution is -1.81. The van der Waals surface area contributed by atoms with Crippen LogP contribution >= 0.6 is 0 Å². The van der Waals surface area contributed by atoms with Crippen molar-refractivity contribution in [1.29, 1.82) is 0 Å². The van der Waals surface area contributed by atoms with Gasteiger partial charge in [0.25, 0.3) is 0 Å². The SMILES string of the molecule is O=C(O)O.O=C(O)O.O=C(O)O.O=C(O)O.c1ccc(-c2ccccc2)cc1. The molecule has 2 aromatic rings. The second-order valence-electron chi connectivity index (χ2n) is 3.86. The molecule has 12 heteroatoms. The molecular formula is C16H18O12. The summed E-state index contributed by atoms with van der Waals surface area (Å²) in [7, 11) is 0. The largest absolute Gasteiger partial charge is 0.503 e. The van der Waals surface area contributed by atoms with Gasteiger partial charge in [-0.25, -0.2) is 19.2 Å². The lowest BCUT2D eigenvalue weighted by Gasteiger charge is -1.98. The molecule has 0 aliphatic rings. The van der Waals surface area contributed by atoms with Crippen LogP contribution in [0.2, 0.25) is 0 Å². The Balaban J connectivity index is -0.000000328. The molecular weight excluding hydrogens is 384 g/mol. The van der Waals surface area contributed by atoms with Crippen molar-refractivity contribution >= 4 is 24.6 Å². The molecule has 28 heavy (non-hydrogen) atoms. The maximum absolute atomic E-state index is 8.56. The molecule has 0 aromatic heterocycles. The van der Waals surface area contributed by atoms with Crippen molar-refractivity contribution in [3.8, 4) is 11.1 Å². The Kier molecular flexibility index (Phi) is 19.1. The summed E-state index contributed by atoms with van der Waals surface area (Å²) in [4.78, 5) is 34.2. The molecule has 154 valence electrons. The molecule has 2 rings (SSSR count). The number of hydrogen-bond donors (Lipinski definition) is 8. The zero-order valence-electron chi connectivity index (χ0n) is 14.0. The average Bonchev–Trinajstić information content (AvgIpc) is 2.54. The maximum Gasteiger partial charge on any atom is 0.503 e. The minimum absolute atomic E-state index is 1.28. The number of carboxylic acid groups (broad SMARTS) is 8. The summed E-state index contributed by atoms with van der Waals surface area (Å²) in [6, 6.07) is 20.8. The smallest absolute Gasteiger partial charge is 0.450 e. The van der Waals surface area contributed by atoms with Crippen molar-refractivity contribution in [3.05, 3.63) is 60.7 Å². The van der Waals surface area contributed by atoms with Crippen LogP contribution in [-0.2, 0) is 0 Å². The molecule has 0 amide bonds. The van der Waals surface area contributed by atoms with Crippen LogP contribution in [0.1, 0.15) is 0 Å². The summed E-state index contributed by atoms with van der Waals surface area (Å²) in [5, 5.41) is 55.8. The highest BCUT2D eigenvalue weighted by Crippen LogP contribution is 2.17. The summed E-state index contributed by atoms with van der Waals surface area (Å²) >= 11 is 0. The first kappa shape index (κ1) is 28.3. The molecule has 0 saturated carbocycles. The van der Waals surface area contributed by atoms with E-state index in [0.717, 1.165) is 0 Å². The zero-order chi connectivity index (χ0) is 22.5. The van der Waals surface area contributed by atoms with Crippen LogP contribution in [0.25, 0.3) is 11.1 Å². The second-order valence-corrected chi connectivity index (χ2v) is 3.86. The predicted octanol–water partition coefficient (Wildman–Crippen LogP) is 4.24. The first-order valence-electron chi connectivity index (χ1n) is 6.68. The van der Waals surface area contributed by atoms with Gasteiger partial charge in [-0.1, -0.05) is 60.7 Å². The Bertz CT molecular complexity index is 584. The molecule has 12 nitrogen and oxygen atoms in total. The van der Waals surface area contributed by atoms with E-state index in [1.54, 1.807) is 0 Å². The number of benzene rings is 2. The average molecular weight is 402 g/mol. The third-order valence-electron chi connectivity index (χ3n) is 1.88. The van der Waals surface area contributed by atoms with Crippen LogP contribution in [0, 0.1) is 0 Å². The fraction of sp³-hybridized carbons (Fsp3) is 0. The fourth-order valence-corrected chi connectivity index (χ4v) is 1.26. The summed E-state index contributed by atoms with van der Waals surface area (Å²) in [5.41, 5.74) is 2.55. The molecule has 0 aliphatic heterocycles. The van der Waals surface area contributed by atoms with Gasteiger partial charge in [0.05, 0.1) is 0 Å². The fourth-order valence-electron chi connectivity index (χ4n) is 1.26. The van der Waals surface area contributed by atoms with E-state index >= 15 is 0 Å². The van der Waals surface area contributed by atoms with Gasteiger partial charge in [-0.15, -0.1) is 0 Å². The quantitative estimate of drug-likeness (QED) is 0.334. The van der Waals surface area contributed by atoms with E-state index in [-0.39, 0.29) is 0 Å². The van der Waals surface area contributed by atoms with E-state index in [9.17, 15) is 0 Å². The highest BCUT2D eigenvalue weighted by Gasteiger charge is 1.91. The molecule has 0 saturated heterocycles. The monoisotopic (exact) mass is 402 g/mol. The molecule has 0 bridgehead atoms. The van der Waals surface area contributed by atoms with Crippen molar-refractivity contribution in [2.45, 2.75) is 0 Å². The normalized spacial score (nSPS) is 7.57. The van der Waals surface area contributed by atoms with Crippen LogP contribution in [0.5, 0.6) is 0 Å². The van der Waals surface area contributed by atoms with Crippen LogP contribution in [0.4, 0.5) is 19.2 Å². The maximum atomic E-state index is 8.56. The third-order valence-corrected chi connectivity index (χ3v) is 1.88. The minimum atomic E-state index is -1.83. The van der Waals surface area contributed by atoms with Gasteiger partial charge in [-0.2, -0.15) is 0 Å². The molecule has 0 spiro atoms. The van der Waals surface area contributed by atoms with Gasteiger partial charge in [0.1, 0.15) is 0 Å². The lowest BCUT2D eigenvalue weighted by atomic mass is 10.1. The summed E-state index contributed by atoms with van der Waals surface area (Å²) in [5.74, 6) is 0. The predicted molar refractivity (Wildman–Crippen MR) is 94.5 cm³/mol. The van der Waals surface area contributed by atoms with Gasteiger partial charge in [0, 0.05) is 0 Å². The molecule has 0 aliphatic carbocycles. The van der Waals surface area contributed by atoms with Crippen molar-refractivity contribution in [3.63, 3.8) is 0 Å². The van der Waals surface area contributed by atoms with Crippen molar-refractivity contribution < 1.29 is 60.0 Å². The van der Waals surface area contributed by atoms with Gasteiger partial charge in [-0.3, -0.25) is 0 Å². The molecule has 0 radical (unpaired) electrons. The Hall–Kier alpha value is -4.48. The van der Waals surface area contributed by atoms with Crippen molar-refractivity contribution in [1.82, 2.24) is 0 Å². The van der Waals surface area contributed by atoms with E-state index in [2.05, 4.69) is 48.5 Å². The molecule has 0 heterocycles. The highest BCUT2D eigenvalue weighted by atomic mass is 16.6. The van der Waals surface area contributed by atoms with E-state index in [1.807, 2.05) is 12.1 Å². The summed E-state index contributed by atoms with van der Waals surface area (Å²) in [6.07, 6.45) is -7.33. The minimum Gasteiger partial charge on any atom is -0.450 e. The molecule has 8 N–H and O–H groups in total. The highest BCUT2D eigenvalue weighted by molar-refractivity contribution is 5.62. The molecule has 0 fully saturated rings. The van der Waals surface area contributed by atoms with E-state index < -0.39 is 24.6 Å². The second kappa shape index (κ2) is 18.9. The summed E-state index contributed by atoms with van der Waals surface area (Å²) < 4.78 is 0. The standard InChI is InChI=1S/C12H10.4CH2O3/c1-3-7-11(8-4-1)12-9-5-2-6-10-12;4*2-1(3)4/h1-10H;4*(H2,2,3,4). The van der Waals surface area contributed by atoms with Gasteiger partial charge in [0.15, 0.2) is 0 Å². The van der Waals surface area contributed by atoms with Crippen LogP contribution in [-0.4, -0.2) is 65.5 Å². The van der Waals surface area contributed by atoms with Gasteiger partial charge < -0.3 is 40.9 Å². The van der Waals surface area contributed by atoms with Gasteiger partial charge >= 0.3 is 24.6 Å². The van der Waals surface area contributed by atoms with Gasteiger partial charge in [0.2, 0.25) is 0 Å².